The summed E-state index contributed by atoms with van der Waals surface area (Å²) in [5.41, 5.74) is 2.04. The van der Waals surface area contributed by atoms with Crippen molar-refractivity contribution in [1.82, 2.24) is 10.3 Å². The van der Waals surface area contributed by atoms with Gasteiger partial charge in [0.05, 0.1) is 6.61 Å². The lowest BCUT2D eigenvalue weighted by Crippen LogP contribution is -2.33. The molecule has 0 radical (unpaired) electrons. The van der Waals surface area contributed by atoms with Crippen molar-refractivity contribution in [2.24, 2.45) is 10.9 Å². The maximum atomic E-state index is 5.77. The number of hydrogen-bond donors (Lipinski definition) is 2. The monoisotopic (exact) mass is 425 g/mol. The number of hydrogen-bond acceptors (Lipinski definition) is 5. The predicted molar refractivity (Wildman–Crippen MR) is 127 cm³/mol. The quantitative estimate of drug-likeness (QED) is 0.360. The van der Waals surface area contributed by atoms with Gasteiger partial charge in [0.1, 0.15) is 11.6 Å². The molecule has 0 atom stereocenters. The van der Waals surface area contributed by atoms with Crippen LogP contribution in [0.5, 0.6) is 5.75 Å². The van der Waals surface area contributed by atoms with E-state index < -0.39 is 0 Å². The van der Waals surface area contributed by atoms with E-state index in [0.29, 0.717) is 25.7 Å². The summed E-state index contributed by atoms with van der Waals surface area (Å²) < 4.78 is 10.8. The predicted octanol–water partition coefficient (Wildman–Crippen LogP) is 3.92. The summed E-state index contributed by atoms with van der Waals surface area (Å²) in [7, 11) is 3.46. The number of anilines is 2. The highest BCUT2D eigenvalue weighted by Crippen LogP contribution is 2.21. The Kier molecular flexibility index (Phi) is 8.97. The fourth-order valence-corrected chi connectivity index (χ4v) is 3.50. The average molecular weight is 426 g/mol. The Morgan fingerprint density at radius 1 is 1.19 bits per heavy atom. The number of nitrogens with zero attached hydrogens (tertiary/aromatic N) is 3. The molecule has 1 aromatic carbocycles. The number of rotatable bonds is 9. The highest BCUT2D eigenvalue weighted by Gasteiger charge is 2.16. The molecule has 1 fully saturated rings. The number of pyridine rings is 1. The minimum atomic E-state index is 0.629. The zero-order valence-electron chi connectivity index (χ0n) is 18.9. The van der Waals surface area contributed by atoms with Crippen molar-refractivity contribution in [3.63, 3.8) is 0 Å². The number of guanidine groups is 1. The fourth-order valence-electron chi connectivity index (χ4n) is 3.50. The van der Waals surface area contributed by atoms with Gasteiger partial charge in [-0.3, -0.25) is 4.99 Å². The number of piperidine rings is 1. The van der Waals surface area contributed by atoms with Crippen molar-refractivity contribution < 1.29 is 9.47 Å². The molecule has 0 unspecified atom stereocenters. The van der Waals surface area contributed by atoms with Crippen LogP contribution in [0.4, 0.5) is 11.5 Å². The molecule has 2 aromatic rings. The second-order valence-corrected chi connectivity index (χ2v) is 7.97. The number of aromatic nitrogens is 1. The lowest BCUT2D eigenvalue weighted by atomic mass is 9.99. The van der Waals surface area contributed by atoms with E-state index in [1.807, 2.05) is 30.5 Å². The van der Waals surface area contributed by atoms with E-state index in [-0.39, 0.29) is 0 Å². The van der Waals surface area contributed by atoms with Gasteiger partial charge in [-0.1, -0.05) is 19.1 Å². The summed E-state index contributed by atoms with van der Waals surface area (Å²) in [5.74, 6) is 3.41. The number of nitrogens with one attached hydrogen (secondary N) is 2. The van der Waals surface area contributed by atoms with Crippen LogP contribution in [0.15, 0.2) is 47.6 Å². The first kappa shape index (κ1) is 22.9. The Morgan fingerprint density at radius 2 is 2.03 bits per heavy atom. The maximum Gasteiger partial charge on any atom is 0.195 e. The highest BCUT2D eigenvalue weighted by molar-refractivity contribution is 5.93. The molecule has 0 bridgehead atoms. The van der Waals surface area contributed by atoms with Crippen LogP contribution in [0.25, 0.3) is 0 Å². The van der Waals surface area contributed by atoms with Gasteiger partial charge < -0.3 is 25.0 Å². The third-order valence-corrected chi connectivity index (χ3v) is 5.46. The second-order valence-electron chi connectivity index (χ2n) is 7.97. The smallest absolute Gasteiger partial charge is 0.195 e. The minimum absolute atomic E-state index is 0.629. The van der Waals surface area contributed by atoms with Gasteiger partial charge in [-0.05, 0) is 42.5 Å². The molecule has 0 aliphatic carbocycles. The second kappa shape index (κ2) is 12.2. The Morgan fingerprint density at radius 3 is 2.74 bits per heavy atom. The largest absolute Gasteiger partial charge is 0.493 e. The molecule has 2 heterocycles. The van der Waals surface area contributed by atoms with Crippen molar-refractivity contribution >= 4 is 17.5 Å². The fraction of sp³-hybridized carbons (Fsp3) is 0.500. The van der Waals surface area contributed by atoms with Crippen LogP contribution in [0.3, 0.4) is 0 Å². The van der Waals surface area contributed by atoms with Crippen LogP contribution in [-0.4, -0.2) is 51.4 Å². The van der Waals surface area contributed by atoms with Crippen molar-refractivity contribution in [1.29, 1.82) is 0 Å². The van der Waals surface area contributed by atoms with Gasteiger partial charge in [-0.2, -0.15) is 0 Å². The molecule has 31 heavy (non-hydrogen) atoms. The molecular formula is C24H35N5O2. The SMILES string of the molecule is CN=C(NCc1ccc(N2CCC(C)CC2)nc1)Nc1cccc(OCCCOC)c1. The van der Waals surface area contributed by atoms with Gasteiger partial charge in [0.25, 0.3) is 0 Å². The van der Waals surface area contributed by atoms with Crippen molar-refractivity contribution in [2.75, 3.05) is 50.7 Å². The van der Waals surface area contributed by atoms with Crippen molar-refractivity contribution in [3.05, 3.63) is 48.2 Å². The summed E-state index contributed by atoms with van der Waals surface area (Å²) in [6.45, 7) is 6.49. The standard InChI is InChI=1S/C24H35N5O2/c1-19-10-12-29(13-11-19)23-9-8-20(17-26-23)18-27-24(25-2)28-21-6-4-7-22(16-21)31-15-5-14-30-3/h4,6-9,16-17,19H,5,10-15,18H2,1-3H3,(H2,25,27,28). The molecule has 2 N–H and O–H groups in total. The summed E-state index contributed by atoms with van der Waals surface area (Å²) in [4.78, 5) is 11.4. The maximum absolute atomic E-state index is 5.77. The van der Waals surface area contributed by atoms with Gasteiger partial charge in [0.15, 0.2) is 5.96 Å². The summed E-state index contributed by atoms with van der Waals surface area (Å²) in [6, 6.07) is 12.1. The summed E-state index contributed by atoms with van der Waals surface area (Å²) >= 11 is 0. The molecule has 1 aromatic heterocycles. The zero-order chi connectivity index (χ0) is 21.9. The molecule has 168 valence electrons. The van der Waals surface area contributed by atoms with E-state index in [9.17, 15) is 0 Å². The van der Waals surface area contributed by atoms with Crippen LogP contribution >= 0.6 is 0 Å². The molecule has 7 nitrogen and oxygen atoms in total. The summed E-state index contributed by atoms with van der Waals surface area (Å²) in [6.07, 6.45) is 5.29. The molecule has 7 heteroatoms. The number of ether oxygens (including phenoxy) is 2. The molecule has 1 saturated heterocycles. The Hall–Kier alpha value is -2.80. The first-order valence-electron chi connectivity index (χ1n) is 11.1. The number of benzene rings is 1. The number of methoxy groups -OCH3 is 1. The van der Waals surface area contributed by atoms with Gasteiger partial charge in [0, 0.05) is 64.8 Å². The Balaban J connectivity index is 1.48. The lowest BCUT2D eigenvalue weighted by Gasteiger charge is -2.31. The normalized spacial score (nSPS) is 15.1. The van der Waals surface area contributed by atoms with E-state index in [2.05, 4.69) is 44.6 Å². The molecule has 0 amide bonds. The van der Waals surface area contributed by atoms with Crippen LogP contribution in [-0.2, 0) is 11.3 Å². The lowest BCUT2D eigenvalue weighted by molar-refractivity contribution is 0.172. The van der Waals surface area contributed by atoms with Crippen molar-refractivity contribution in [2.45, 2.75) is 32.7 Å². The van der Waals surface area contributed by atoms with Crippen molar-refractivity contribution in [3.8, 4) is 5.75 Å². The van der Waals surface area contributed by atoms with Crippen LogP contribution < -0.4 is 20.3 Å². The average Bonchev–Trinajstić information content (AvgIpc) is 2.81. The van der Waals surface area contributed by atoms with E-state index in [1.165, 1.54) is 12.8 Å². The molecule has 1 aliphatic heterocycles. The highest BCUT2D eigenvalue weighted by atomic mass is 16.5. The third kappa shape index (κ3) is 7.43. The molecule has 0 spiro atoms. The minimum Gasteiger partial charge on any atom is -0.493 e. The molecule has 3 rings (SSSR count). The van der Waals surface area contributed by atoms with Gasteiger partial charge in [0.2, 0.25) is 0 Å². The van der Waals surface area contributed by atoms with Gasteiger partial charge >= 0.3 is 0 Å². The first-order chi connectivity index (χ1) is 15.2. The van der Waals surface area contributed by atoms with E-state index in [4.69, 9.17) is 9.47 Å². The Bertz CT molecular complexity index is 817. The van der Waals surface area contributed by atoms with E-state index in [0.717, 1.165) is 48.2 Å². The van der Waals surface area contributed by atoms with Crippen LogP contribution in [0.2, 0.25) is 0 Å². The van der Waals surface area contributed by atoms with Crippen LogP contribution in [0.1, 0.15) is 31.7 Å². The van der Waals surface area contributed by atoms with E-state index >= 15 is 0 Å². The van der Waals surface area contributed by atoms with Crippen LogP contribution in [0, 0.1) is 5.92 Å². The molecular weight excluding hydrogens is 390 g/mol. The zero-order valence-corrected chi connectivity index (χ0v) is 18.9. The Labute approximate surface area is 185 Å². The third-order valence-electron chi connectivity index (χ3n) is 5.46. The number of aliphatic imine (C=N–C) groups is 1. The van der Waals surface area contributed by atoms with E-state index in [1.54, 1.807) is 14.2 Å². The topological polar surface area (TPSA) is 71.0 Å². The molecule has 1 aliphatic rings. The van der Waals surface area contributed by atoms with Gasteiger partial charge in [-0.15, -0.1) is 0 Å². The molecule has 0 saturated carbocycles. The first-order valence-corrected chi connectivity index (χ1v) is 11.1. The van der Waals surface area contributed by atoms with Gasteiger partial charge in [-0.25, -0.2) is 4.98 Å². The summed E-state index contributed by atoms with van der Waals surface area (Å²) in [5, 5.41) is 6.66.